The van der Waals surface area contributed by atoms with Gasteiger partial charge in [0.05, 0.1) is 10.5 Å². The molecule has 0 aliphatic heterocycles. The third-order valence-electron chi connectivity index (χ3n) is 4.66. The summed E-state index contributed by atoms with van der Waals surface area (Å²) in [7, 11) is -4.25. The molecule has 31 heavy (non-hydrogen) atoms. The Morgan fingerprint density at radius 1 is 0.742 bits per heavy atom. The summed E-state index contributed by atoms with van der Waals surface area (Å²) in [5.74, 6) is 0. The first-order chi connectivity index (χ1) is 14.6. The molecule has 3 aromatic carbocycles. The van der Waals surface area contributed by atoms with Gasteiger partial charge in [-0.3, -0.25) is 0 Å². The highest BCUT2D eigenvalue weighted by molar-refractivity contribution is 7.86. The number of alkyl halides is 3. The molecule has 0 saturated heterocycles. The molecule has 0 heterocycles. The Hall–Kier alpha value is -1.91. The zero-order valence-electron chi connectivity index (χ0n) is 17.0. The van der Waals surface area contributed by atoms with E-state index >= 15 is 0 Å². The van der Waals surface area contributed by atoms with Crippen molar-refractivity contribution in [2.24, 2.45) is 0 Å². The third-order valence-corrected chi connectivity index (χ3v) is 12.0. The fraction of sp³-hybridized carbons (Fsp3) is 0.217. The predicted octanol–water partition coefficient (Wildman–Crippen LogP) is 2.81. The van der Waals surface area contributed by atoms with Crippen LogP contribution in [0.1, 0.15) is 30.5 Å². The molecule has 0 N–H and O–H groups in total. The Morgan fingerprint density at radius 2 is 1.16 bits per heavy atom. The second kappa shape index (κ2) is 9.70. The zero-order valence-corrected chi connectivity index (χ0v) is 20.0. The molecule has 0 atom stereocenters. The van der Waals surface area contributed by atoms with E-state index in [2.05, 4.69) is 0 Å². The van der Waals surface area contributed by atoms with Crippen LogP contribution in [0.25, 0.3) is 0 Å². The first-order valence-electron chi connectivity index (χ1n) is 9.64. The molecule has 1 radical (unpaired) electrons. The molecule has 0 bridgehead atoms. The molecule has 0 unspecified atom stereocenters. The van der Waals surface area contributed by atoms with Gasteiger partial charge in [-0.15, -0.1) is 0 Å². The molecule has 8 heteroatoms. The minimum atomic E-state index is -4.54. The molecule has 3 aromatic rings. The van der Waals surface area contributed by atoms with Gasteiger partial charge in [-0.2, -0.15) is 21.6 Å². The highest BCUT2D eigenvalue weighted by Gasteiger charge is 2.38. The van der Waals surface area contributed by atoms with E-state index in [0.29, 0.717) is 0 Å². The van der Waals surface area contributed by atoms with Gasteiger partial charge in [0.15, 0.2) is 7.14 Å². The van der Waals surface area contributed by atoms with Crippen LogP contribution in [0, 0.1) is 7.14 Å². The summed E-state index contributed by atoms with van der Waals surface area (Å²) in [4.78, 5) is -0.293. The van der Waals surface area contributed by atoms with Gasteiger partial charge in [0.2, 0.25) is 0 Å². The van der Waals surface area contributed by atoms with E-state index in [0.717, 1.165) is 55.4 Å². The molecule has 3 nitrogen and oxygen atoms in total. The fourth-order valence-corrected chi connectivity index (χ4v) is 9.68. The van der Waals surface area contributed by atoms with Gasteiger partial charge >= 0.3 is 36.5 Å². The van der Waals surface area contributed by atoms with Crippen LogP contribution in [0.5, 0.6) is 0 Å². The van der Waals surface area contributed by atoms with Crippen LogP contribution in [0.15, 0.2) is 77.7 Å². The molecular formula is C23H22F3IO3S+. The largest absolute Gasteiger partial charge is 0.416 e. The molecule has 0 aliphatic carbocycles. The SMILES string of the molecule is CCc1ccc([I+](OS(=O)(=O)c2ccc(C(F)(F)F)cc2)c2ccc(CC)cc2)cc1. The standard InChI is InChI=1S/C23H22F3IO3S/c1-3-17-5-11-20(12-6-17)27(21-13-7-18(4-2)8-14-21)30-31(28,29)22-15-9-19(10-16-22)23(24,25)26/h5-16H,3-4H2,1-2H3/q+1. The van der Waals surface area contributed by atoms with Crippen molar-refractivity contribution < 1.29 is 44.3 Å². The first-order valence-corrected chi connectivity index (χ1v) is 14.1. The number of halogens is 4. The average molecular weight is 562 g/mol. The average Bonchev–Trinajstić information content (AvgIpc) is 2.77. The van der Waals surface area contributed by atoms with Crippen molar-refractivity contribution in [3.8, 4) is 0 Å². The number of benzene rings is 3. The van der Waals surface area contributed by atoms with Gasteiger partial charge in [0.25, 0.3) is 0 Å². The summed E-state index contributed by atoms with van der Waals surface area (Å²) in [5.41, 5.74) is 1.32. The Labute approximate surface area is 188 Å². The van der Waals surface area contributed by atoms with E-state index in [9.17, 15) is 21.6 Å². The van der Waals surface area contributed by atoms with Crippen molar-refractivity contribution in [1.82, 2.24) is 0 Å². The van der Waals surface area contributed by atoms with Crippen LogP contribution >= 0.6 is 0 Å². The summed E-state index contributed by atoms with van der Waals surface area (Å²) >= 11 is -2.89. The quantitative estimate of drug-likeness (QED) is 0.417. The minimum Gasteiger partial charge on any atom is -0.190 e. The van der Waals surface area contributed by atoms with Crippen LogP contribution < -0.4 is 20.2 Å². The van der Waals surface area contributed by atoms with Gasteiger partial charge in [0.1, 0.15) is 0 Å². The van der Waals surface area contributed by atoms with Gasteiger partial charge in [-0.25, -0.2) is 0 Å². The smallest absolute Gasteiger partial charge is 0.190 e. The first kappa shape index (κ1) is 23.7. The summed E-state index contributed by atoms with van der Waals surface area (Å²) in [6, 6.07) is 18.6. The lowest BCUT2D eigenvalue weighted by Crippen LogP contribution is -3.85. The lowest BCUT2D eigenvalue weighted by Gasteiger charge is -2.09. The van der Waals surface area contributed by atoms with Crippen LogP contribution in [-0.4, -0.2) is 8.42 Å². The number of rotatable bonds is 7. The number of aryl methyl sites for hydroxylation is 2. The maximum atomic E-state index is 12.9. The van der Waals surface area contributed by atoms with Crippen LogP contribution in [0.4, 0.5) is 13.2 Å². The molecule has 3 rings (SSSR count). The third kappa shape index (κ3) is 5.87. The topological polar surface area (TPSA) is 43.4 Å². The van der Waals surface area contributed by atoms with Crippen molar-refractivity contribution in [2.45, 2.75) is 37.8 Å². The molecule has 165 valence electrons. The summed E-state index contributed by atoms with van der Waals surface area (Å²) in [6.07, 6.45) is -2.83. The highest BCUT2D eigenvalue weighted by Crippen LogP contribution is 2.29. The Bertz CT molecular complexity index is 1060. The van der Waals surface area contributed by atoms with E-state index in [4.69, 9.17) is 2.51 Å². The molecular weight excluding hydrogens is 540 g/mol. The van der Waals surface area contributed by atoms with Crippen LogP contribution in [-0.2, 0) is 31.6 Å². The van der Waals surface area contributed by atoms with Gasteiger partial charge in [0, 0.05) is 0 Å². The van der Waals surface area contributed by atoms with Crippen molar-refractivity contribution >= 4 is 10.1 Å². The number of hydrogen-bond acceptors (Lipinski definition) is 3. The fourth-order valence-electron chi connectivity index (χ4n) is 2.80. The second-order valence-electron chi connectivity index (χ2n) is 6.75. The zero-order chi connectivity index (χ0) is 22.6. The van der Waals surface area contributed by atoms with E-state index in [-0.39, 0.29) is 4.90 Å². The van der Waals surface area contributed by atoms with E-state index in [1.54, 1.807) is 0 Å². The lowest BCUT2D eigenvalue weighted by atomic mass is 10.2. The lowest BCUT2D eigenvalue weighted by molar-refractivity contribution is -1.03. The highest BCUT2D eigenvalue weighted by atomic mass is 127. The maximum Gasteiger partial charge on any atom is 0.416 e. The summed E-state index contributed by atoms with van der Waals surface area (Å²) in [6.45, 7) is 4.06. The molecule has 0 saturated carbocycles. The van der Waals surface area contributed by atoms with Gasteiger partial charge in [-0.05, 0) is 75.0 Å². The van der Waals surface area contributed by atoms with Crippen molar-refractivity contribution in [3.05, 3.63) is 96.6 Å². The molecule has 0 spiro atoms. The van der Waals surface area contributed by atoms with E-state index in [1.165, 1.54) is 0 Å². The van der Waals surface area contributed by atoms with Crippen molar-refractivity contribution in [2.75, 3.05) is 0 Å². The molecule has 0 aliphatic rings. The summed E-state index contributed by atoms with van der Waals surface area (Å²) < 4.78 is 71.6. The van der Waals surface area contributed by atoms with Gasteiger partial charge < -0.3 is 0 Å². The van der Waals surface area contributed by atoms with Crippen LogP contribution in [0.2, 0.25) is 0 Å². The van der Waals surface area contributed by atoms with Crippen molar-refractivity contribution in [1.29, 1.82) is 0 Å². The summed E-state index contributed by atoms with van der Waals surface area (Å²) in [5, 5.41) is 0. The Kier molecular flexibility index (Phi) is 7.43. The maximum absolute atomic E-state index is 12.9. The van der Waals surface area contributed by atoms with E-state index < -0.39 is 42.1 Å². The van der Waals surface area contributed by atoms with Crippen LogP contribution in [0.3, 0.4) is 0 Å². The molecule has 0 amide bonds. The Balaban J connectivity index is 1.98. The monoisotopic (exact) mass is 562 g/mol. The van der Waals surface area contributed by atoms with E-state index in [1.807, 2.05) is 62.4 Å². The van der Waals surface area contributed by atoms with Gasteiger partial charge in [-0.1, -0.05) is 38.1 Å². The normalized spacial score (nSPS) is 12.3. The second-order valence-corrected chi connectivity index (χ2v) is 13.2. The molecule has 0 aromatic heterocycles. The Morgan fingerprint density at radius 3 is 1.52 bits per heavy atom. The minimum absolute atomic E-state index is 0.293. The predicted molar refractivity (Wildman–Crippen MR) is 109 cm³/mol. The molecule has 0 fully saturated rings. The number of hydrogen-bond donors (Lipinski definition) is 0. The van der Waals surface area contributed by atoms with Crippen molar-refractivity contribution in [3.63, 3.8) is 0 Å².